The van der Waals surface area contributed by atoms with E-state index >= 15 is 0 Å². The molecule has 0 bridgehead atoms. The van der Waals surface area contributed by atoms with Crippen LogP contribution in [0.5, 0.6) is 0 Å². The minimum atomic E-state index is -4.20. The Hall–Kier alpha value is -2.51. The van der Waals surface area contributed by atoms with Crippen molar-refractivity contribution in [2.45, 2.75) is 44.7 Å². The summed E-state index contributed by atoms with van der Waals surface area (Å²) in [4.78, 5) is 37.6. The fourth-order valence-electron chi connectivity index (χ4n) is 2.75. The van der Waals surface area contributed by atoms with Crippen molar-refractivity contribution in [3.63, 3.8) is 0 Å². The highest BCUT2D eigenvalue weighted by atomic mass is 35.5. The third-order valence-electron chi connectivity index (χ3n) is 4.61. The zero-order valence-electron chi connectivity index (χ0n) is 18.9. The number of sulfonamides is 1. The maximum absolute atomic E-state index is 12.5. The van der Waals surface area contributed by atoms with E-state index in [-0.39, 0.29) is 22.1 Å². The standard InChI is InChI=1S/C21H25ClN2O8S2/c1-5-31-20(27)17-11(2)13(4)33-19(17)23-16(26)10-32-21(28)18(12(3)25)24-34(29,30)15-8-6-14(22)7-9-15/h6-9,12,18,24-25H,5,10H2,1-4H3,(H,23,26). The molecule has 0 aliphatic rings. The Morgan fingerprint density at radius 1 is 1.15 bits per heavy atom. The summed E-state index contributed by atoms with van der Waals surface area (Å²) in [6.07, 6.45) is -1.46. The Morgan fingerprint density at radius 3 is 2.32 bits per heavy atom. The van der Waals surface area contributed by atoms with Gasteiger partial charge in [0.1, 0.15) is 11.0 Å². The maximum atomic E-state index is 12.5. The number of aliphatic hydroxyl groups is 1. The molecule has 0 spiro atoms. The number of benzene rings is 1. The van der Waals surface area contributed by atoms with E-state index in [1.54, 1.807) is 20.8 Å². The molecule has 3 N–H and O–H groups in total. The molecule has 2 unspecified atom stereocenters. The number of anilines is 1. The molecule has 10 nitrogen and oxygen atoms in total. The molecule has 0 aliphatic carbocycles. The van der Waals surface area contributed by atoms with E-state index in [0.29, 0.717) is 10.6 Å². The average Bonchev–Trinajstić information content (AvgIpc) is 3.03. The molecule has 2 aromatic rings. The third-order valence-corrected chi connectivity index (χ3v) is 7.44. The lowest BCUT2D eigenvalue weighted by molar-refractivity contribution is -0.151. The van der Waals surface area contributed by atoms with E-state index in [4.69, 9.17) is 21.1 Å². The number of hydrogen-bond acceptors (Lipinski definition) is 9. The largest absolute Gasteiger partial charge is 0.462 e. The minimum absolute atomic E-state index is 0.158. The second-order valence-corrected chi connectivity index (χ2v) is 10.5. The number of amides is 1. The molecule has 186 valence electrons. The predicted molar refractivity (Wildman–Crippen MR) is 127 cm³/mol. The van der Waals surface area contributed by atoms with Gasteiger partial charge in [0.15, 0.2) is 6.61 Å². The first-order valence-electron chi connectivity index (χ1n) is 10.1. The number of ether oxygens (including phenoxy) is 2. The highest BCUT2D eigenvalue weighted by Gasteiger charge is 2.31. The molecule has 1 aromatic carbocycles. The number of carbonyl (C=O) groups excluding carboxylic acids is 3. The second-order valence-electron chi connectivity index (χ2n) is 7.16. The molecule has 1 amide bonds. The Labute approximate surface area is 206 Å². The number of hydrogen-bond donors (Lipinski definition) is 3. The molecular weight excluding hydrogens is 508 g/mol. The van der Waals surface area contributed by atoms with Crippen LogP contribution in [0.4, 0.5) is 5.00 Å². The van der Waals surface area contributed by atoms with E-state index in [0.717, 1.165) is 16.2 Å². The van der Waals surface area contributed by atoms with Crippen molar-refractivity contribution in [3.8, 4) is 0 Å². The summed E-state index contributed by atoms with van der Waals surface area (Å²) in [6, 6.07) is 3.50. The number of carbonyl (C=O) groups is 3. The van der Waals surface area contributed by atoms with Crippen LogP contribution in [0.3, 0.4) is 0 Å². The highest BCUT2D eigenvalue weighted by Crippen LogP contribution is 2.33. The number of thiophene rings is 1. The van der Waals surface area contributed by atoms with E-state index in [9.17, 15) is 27.9 Å². The zero-order valence-corrected chi connectivity index (χ0v) is 21.3. The number of rotatable bonds is 10. The number of halogens is 1. The van der Waals surface area contributed by atoms with E-state index in [2.05, 4.69) is 10.0 Å². The van der Waals surface area contributed by atoms with E-state index in [1.807, 2.05) is 0 Å². The van der Waals surface area contributed by atoms with Gasteiger partial charge in [-0.15, -0.1) is 11.3 Å². The number of esters is 2. The fraction of sp³-hybridized carbons (Fsp3) is 0.381. The fourth-order valence-corrected chi connectivity index (χ4v) is 5.19. The second kappa shape index (κ2) is 11.8. The van der Waals surface area contributed by atoms with Crippen LogP contribution < -0.4 is 10.0 Å². The van der Waals surface area contributed by atoms with Crippen molar-refractivity contribution < 1.29 is 37.4 Å². The monoisotopic (exact) mass is 532 g/mol. The van der Waals surface area contributed by atoms with Crippen LogP contribution in [0.15, 0.2) is 29.2 Å². The van der Waals surface area contributed by atoms with Gasteiger partial charge in [0.2, 0.25) is 10.0 Å². The molecule has 2 atom stereocenters. The third kappa shape index (κ3) is 7.00. The van der Waals surface area contributed by atoms with Gasteiger partial charge in [0.05, 0.1) is 23.2 Å². The van der Waals surface area contributed by atoms with Crippen LogP contribution in [0.25, 0.3) is 0 Å². The Balaban J connectivity index is 2.07. The normalized spacial score (nSPS) is 13.1. The molecule has 34 heavy (non-hydrogen) atoms. The zero-order chi connectivity index (χ0) is 25.6. The summed E-state index contributed by atoms with van der Waals surface area (Å²) in [5.74, 6) is -2.51. The maximum Gasteiger partial charge on any atom is 0.341 e. The van der Waals surface area contributed by atoms with Gasteiger partial charge >= 0.3 is 11.9 Å². The highest BCUT2D eigenvalue weighted by molar-refractivity contribution is 7.89. The summed E-state index contributed by atoms with van der Waals surface area (Å²) >= 11 is 6.92. The van der Waals surface area contributed by atoms with E-state index < -0.39 is 46.6 Å². The van der Waals surface area contributed by atoms with Gasteiger partial charge in [-0.25, -0.2) is 13.2 Å². The molecule has 0 fully saturated rings. The van der Waals surface area contributed by atoms with Crippen LogP contribution in [0, 0.1) is 13.8 Å². The summed E-state index contributed by atoms with van der Waals surface area (Å²) in [6.45, 7) is 5.73. The lowest BCUT2D eigenvalue weighted by Gasteiger charge is -2.20. The van der Waals surface area contributed by atoms with Gasteiger partial charge in [0.25, 0.3) is 5.91 Å². The molecule has 13 heteroatoms. The Kier molecular flexibility index (Phi) is 9.59. The predicted octanol–water partition coefficient (Wildman–Crippen LogP) is 2.40. The van der Waals surface area contributed by atoms with Crippen LogP contribution in [-0.2, 0) is 29.1 Å². The lowest BCUT2D eigenvalue weighted by Crippen LogP contribution is -2.48. The SMILES string of the molecule is CCOC(=O)c1c(NC(=O)COC(=O)C(NS(=O)(=O)c2ccc(Cl)cc2)C(C)O)sc(C)c1C. The Morgan fingerprint density at radius 2 is 1.76 bits per heavy atom. The van der Waals surface area contributed by atoms with Gasteiger partial charge in [-0.05, 0) is 57.5 Å². The first-order chi connectivity index (χ1) is 15.9. The lowest BCUT2D eigenvalue weighted by atomic mass is 10.1. The molecular formula is C21H25ClN2O8S2. The smallest absolute Gasteiger partial charge is 0.341 e. The van der Waals surface area contributed by atoms with Crippen molar-refractivity contribution in [2.24, 2.45) is 0 Å². The summed E-state index contributed by atoms with van der Waals surface area (Å²) < 4.78 is 37.1. The number of aliphatic hydroxyl groups excluding tert-OH is 1. The number of nitrogens with one attached hydrogen (secondary N) is 2. The van der Waals surface area contributed by atoms with Crippen LogP contribution in [-0.4, -0.2) is 56.7 Å². The van der Waals surface area contributed by atoms with Gasteiger partial charge in [-0.1, -0.05) is 11.6 Å². The molecule has 0 saturated heterocycles. The molecule has 0 aliphatic heterocycles. The van der Waals surface area contributed by atoms with Gasteiger partial charge < -0.3 is 19.9 Å². The van der Waals surface area contributed by atoms with Crippen LogP contribution in [0.1, 0.15) is 34.6 Å². The quantitative estimate of drug-likeness (QED) is 0.395. The van der Waals surface area contributed by atoms with Crippen LogP contribution in [0.2, 0.25) is 5.02 Å². The molecule has 1 aromatic heterocycles. The topological polar surface area (TPSA) is 148 Å². The first kappa shape index (κ1) is 27.7. The summed E-state index contributed by atoms with van der Waals surface area (Å²) in [7, 11) is -4.20. The molecule has 0 saturated carbocycles. The van der Waals surface area contributed by atoms with Crippen molar-refractivity contribution >= 4 is 55.8 Å². The van der Waals surface area contributed by atoms with Gasteiger partial charge in [-0.2, -0.15) is 4.72 Å². The van der Waals surface area contributed by atoms with E-state index in [1.165, 1.54) is 31.2 Å². The molecule has 2 rings (SSSR count). The number of aryl methyl sites for hydroxylation is 1. The summed E-state index contributed by atoms with van der Waals surface area (Å²) in [5, 5.41) is 13.0. The van der Waals surface area contributed by atoms with Crippen LogP contribution >= 0.6 is 22.9 Å². The first-order valence-corrected chi connectivity index (χ1v) is 12.7. The van der Waals surface area contributed by atoms with Crippen molar-refractivity contribution in [1.29, 1.82) is 0 Å². The van der Waals surface area contributed by atoms with Gasteiger partial charge in [0, 0.05) is 9.90 Å². The summed E-state index contributed by atoms with van der Waals surface area (Å²) in [5.41, 5.74) is 0.864. The molecule has 1 heterocycles. The Bertz CT molecular complexity index is 1160. The average molecular weight is 533 g/mol. The van der Waals surface area contributed by atoms with Gasteiger partial charge in [-0.3, -0.25) is 9.59 Å². The minimum Gasteiger partial charge on any atom is -0.462 e. The molecule has 0 radical (unpaired) electrons. The van der Waals surface area contributed by atoms with Crippen molar-refractivity contribution in [1.82, 2.24) is 4.72 Å². The van der Waals surface area contributed by atoms with Crippen molar-refractivity contribution in [2.75, 3.05) is 18.5 Å². The van der Waals surface area contributed by atoms with Crippen molar-refractivity contribution in [3.05, 3.63) is 45.3 Å².